The normalized spacial score (nSPS) is 12.3. The van der Waals surface area contributed by atoms with Crippen molar-refractivity contribution in [1.29, 1.82) is 0 Å². The largest absolute Gasteiger partial charge is 0.454 e. The second-order valence-corrected chi connectivity index (χ2v) is 7.05. The van der Waals surface area contributed by atoms with E-state index in [1.807, 2.05) is 32.0 Å². The average molecular weight is 434 g/mol. The molecule has 3 rings (SSSR count). The summed E-state index contributed by atoms with van der Waals surface area (Å²) < 4.78 is 21.8. The highest BCUT2D eigenvalue weighted by molar-refractivity contribution is 5.50. The van der Waals surface area contributed by atoms with E-state index in [0.717, 1.165) is 17.1 Å². The quantitative estimate of drug-likeness (QED) is 0.322. The van der Waals surface area contributed by atoms with E-state index in [1.54, 1.807) is 0 Å². The number of ether oxygens (including phenoxy) is 4. The minimum absolute atomic E-state index is 0.183. The first-order chi connectivity index (χ1) is 15.2. The fourth-order valence-electron chi connectivity index (χ4n) is 2.80. The lowest BCUT2D eigenvalue weighted by atomic mass is 10.2. The topological polar surface area (TPSA) is 138 Å². The van der Waals surface area contributed by atoms with Gasteiger partial charge in [0.05, 0.1) is 26.4 Å². The van der Waals surface area contributed by atoms with Crippen LogP contribution in [0.5, 0.6) is 11.5 Å². The second kappa shape index (κ2) is 12.1. The zero-order valence-electron chi connectivity index (χ0n) is 18.0. The molecule has 0 spiro atoms. The highest BCUT2D eigenvalue weighted by Gasteiger charge is 2.17. The molecule has 0 unspecified atom stereocenters. The number of nitrogens with two attached hydrogens (primary N) is 1. The van der Waals surface area contributed by atoms with Crippen LogP contribution in [0.25, 0.3) is 0 Å². The summed E-state index contributed by atoms with van der Waals surface area (Å²) >= 11 is 0. The molecule has 170 valence electrons. The Morgan fingerprint density at radius 2 is 1.71 bits per heavy atom. The van der Waals surface area contributed by atoms with Gasteiger partial charge in [-0.2, -0.15) is 15.0 Å². The van der Waals surface area contributed by atoms with Gasteiger partial charge < -0.3 is 40.6 Å². The molecule has 1 aliphatic rings. The van der Waals surface area contributed by atoms with Crippen LogP contribution in [0.4, 0.5) is 17.8 Å². The molecule has 11 nitrogen and oxygen atoms in total. The Bertz CT molecular complexity index is 822. The number of hydrogen-bond acceptors (Lipinski definition) is 11. The van der Waals surface area contributed by atoms with E-state index in [0.29, 0.717) is 63.9 Å². The lowest BCUT2D eigenvalue weighted by Gasteiger charge is -2.13. The van der Waals surface area contributed by atoms with Crippen molar-refractivity contribution in [2.75, 3.05) is 62.3 Å². The van der Waals surface area contributed by atoms with Crippen molar-refractivity contribution < 1.29 is 18.9 Å². The van der Waals surface area contributed by atoms with Gasteiger partial charge >= 0.3 is 0 Å². The highest BCUT2D eigenvalue weighted by Crippen LogP contribution is 2.35. The Labute approximate surface area is 182 Å². The maximum atomic E-state index is 5.56. The molecule has 0 saturated heterocycles. The molecule has 1 aromatic carbocycles. The molecule has 2 aromatic rings. The van der Waals surface area contributed by atoms with Gasteiger partial charge in [-0.15, -0.1) is 0 Å². The molecule has 0 saturated carbocycles. The number of benzene rings is 1. The number of hydrogen-bond donors (Lipinski definition) is 4. The fraction of sp³-hybridized carbons (Fsp3) is 0.550. The summed E-state index contributed by atoms with van der Waals surface area (Å²) in [4.78, 5) is 13.3. The molecule has 0 aliphatic carbocycles. The van der Waals surface area contributed by atoms with Crippen LogP contribution in [0.1, 0.15) is 19.4 Å². The molecule has 0 amide bonds. The summed E-state index contributed by atoms with van der Waals surface area (Å²) in [6, 6.07) is 5.97. The first-order valence-corrected chi connectivity index (χ1v) is 10.4. The molecule has 0 fully saturated rings. The van der Waals surface area contributed by atoms with Gasteiger partial charge in [0.2, 0.25) is 24.6 Å². The Hall–Kier alpha value is -2.89. The van der Waals surface area contributed by atoms with Gasteiger partial charge in [-0.25, -0.2) is 0 Å². The number of aromatic nitrogens is 3. The van der Waals surface area contributed by atoms with Crippen LogP contribution in [0, 0.1) is 0 Å². The molecule has 31 heavy (non-hydrogen) atoms. The van der Waals surface area contributed by atoms with Crippen molar-refractivity contribution in [1.82, 2.24) is 15.0 Å². The first-order valence-electron chi connectivity index (χ1n) is 10.4. The summed E-state index contributed by atoms with van der Waals surface area (Å²) in [5.41, 5.74) is 6.34. The number of nitrogens with one attached hydrogen (secondary N) is 3. The Balaban J connectivity index is 1.55. The average Bonchev–Trinajstić information content (AvgIpc) is 3.23. The van der Waals surface area contributed by atoms with E-state index < -0.39 is 0 Å². The molecule has 0 radical (unpaired) electrons. The van der Waals surface area contributed by atoms with E-state index >= 15 is 0 Å². The Morgan fingerprint density at radius 1 is 0.968 bits per heavy atom. The molecule has 5 N–H and O–H groups in total. The highest BCUT2D eigenvalue weighted by atomic mass is 16.7. The van der Waals surface area contributed by atoms with Crippen molar-refractivity contribution in [2.45, 2.75) is 26.4 Å². The fourth-order valence-corrected chi connectivity index (χ4v) is 2.80. The summed E-state index contributed by atoms with van der Waals surface area (Å²) in [5, 5.41) is 9.62. The molecule has 1 aromatic heterocycles. The summed E-state index contributed by atoms with van der Waals surface area (Å²) in [6.45, 7) is 7.91. The minimum atomic E-state index is 0.183. The lowest BCUT2D eigenvalue weighted by molar-refractivity contribution is 0.0547. The van der Waals surface area contributed by atoms with Crippen molar-refractivity contribution in [3.8, 4) is 11.5 Å². The van der Waals surface area contributed by atoms with E-state index in [9.17, 15) is 0 Å². The van der Waals surface area contributed by atoms with Crippen molar-refractivity contribution in [2.24, 2.45) is 5.73 Å². The van der Waals surface area contributed by atoms with Crippen molar-refractivity contribution in [3.05, 3.63) is 23.8 Å². The molecule has 11 heteroatoms. The standard InChI is InChI=1S/C20H31N7O4/c1-14(2)24-20-26-18(22-7-9-29-11-10-28-8-6-21)25-19(27-20)23-12-15-4-3-5-16-17(15)31-13-30-16/h3-5,14H,6-13,21H2,1-2H3,(H3,22,23,24,25,26,27). The van der Waals surface area contributed by atoms with Gasteiger partial charge in [-0.05, 0) is 19.9 Å². The van der Waals surface area contributed by atoms with Crippen LogP contribution in [0.15, 0.2) is 18.2 Å². The Kier molecular flexibility index (Phi) is 8.88. The van der Waals surface area contributed by atoms with Crippen molar-refractivity contribution in [3.63, 3.8) is 0 Å². The van der Waals surface area contributed by atoms with Crippen LogP contribution in [0.3, 0.4) is 0 Å². The molecule has 1 aliphatic heterocycles. The van der Waals surface area contributed by atoms with Crippen LogP contribution < -0.4 is 31.2 Å². The zero-order valence-corrected chi connectivity index (χ0v) is 18.0. The van der Waals surface area contributed by atoms with Crippen LogP contribution in [-0.2, 0) is 16.0 Å². The third-order valence-corrected chi connectivity index (χ3v) is 4.13. The van der Waals surface area contributed by atoms with Gasteiger partial charge in [0.25, 0.3) is 0 Å². The zero-order chi connectivity index (χ0) is 21.9. The van der Waals surface area contributed by atoms with E-state index in [4.69, 9.17) is 24.7 Å². The molecule has 0 atom stereocenters. The predicted molar refractivity (Wildman–Crippen MR) is 118 cm³/mol. The summed E-state index contributed by atoms with van der Waals surface area (Å²) in [5.74, 6) is 2.89. The molecule has 0 bridgehead atoms. The van der Waals surface area contributed by atoms with Gasteiger partial charge in [-0.1, -0.05) is 12.1 Å². The van der Waals surface area contributed by atoms with E-state index in [2.05, 4.69) is 30.9 Å². The number of fused-ring (bicyclic) bond motifs is 1. The monoisotopic (exact) mass is 433 g/mol. The second-order valence-electron chi connectivity index (χ2n) is 7.05. The predicted octanol–water partition coefficient (Wildman–Crippen LogP) is 1.44. The van der Waals surface area contributed by atoms with E-state index in [-0.39, 0.29) is 12.8 Å². The number of nitrogens with zero attached hydrogens (tertiary/aromatic N) is 3. The number of rotatable bonds is 14. The minimum Gasteiger partial charge on any atom is -0.454 e. The summed E-state index contributed by atoms with van der Waals surface area (Å²) in [6.07, 6.45) is 0. The SMILES string of the molecule is CC(C)Nc1nc(NCCOCCOCCN)nc(NCc2cccc3c2OCO3)n1. The van der Waals surface area contributed by atoms with Gasteiger partial charge in [0.1, 0.15) is 0 Å². The molecular formula is C20H31N7O4. The maximum absolute atomic E-state index is 5.56. The lowest BCUT2D eigenvalue weighted by Crippen LogP contribution is -2.18. The van der Waals surface area contributed by atoms with Crippen LogP contribution in [0.2, 0.25) is 0 Å². The number of para-hydroxylation sites is 1. The maximum Gasteiger partial charge on any atom is 0.231 e. The third kappa shape index (κ3) is 7.39. The van der Waals surface area contributed by atoms with Gasteiger partial charge in [-0.3, -0.25) is 0 Å². The van der Waals surface area contributed by atoms with Crippen LogP contribution >= 0.6 is 0 Å². The van der Waals surface area contributed by atoms with Gasteiger partial charge in [0, 0.05) is 31.2 Å². The van der Waals surface area contributed by atoms with E-state index in [1.165, 1.54) is 0 Å². The smallest absolute Gasteiger partial charge is 0.231 e. The Morgan fingerprint density at radius 3 is 2.48 bits per heavy atom. The summed E-state index contributed by atoms with van der Waals surface area (Å²) in [7, 11) is 0. The third-order valence-electron chi connectivity index (χ3n) is 4.13. The molecule has 2 heterocycles. The number of anilines is 3. The van der Waals surface area contributed by atoms with Crippen molar-refractivity contribution >= 4 is 17.8 Å². The van der Waals surface area contributed by atoms with Gasteiger partial charge in [0.15, 0.2) is 11.5 Å². The first kappa shape index (κ1) is 22.8. The van der Waals surface area contributed by atoms with Crippen LogP contribution in [-0.4, -0.2) is 67.3 Å². The molecular weight excluding hydrogens is 402 g/mol.